The quantitative estimate of drug-likeness (QED) is 0.662. The van der Waals surface area contributed by atoms with E-state index in [1.807, 2.05) is 6.92 Å². The summed E-state index contributed by atoms with van der Waals surface area (Å²) in [6, 6.07) is 4.96. The fourth-order valence-corrected chi connectivity index (χ4v) is 2.80. The second kappa shape index (κ2) is 6.51. The molecule has 3 rings (SSSR count). The second-order valence-corrected chi connectivity index (χ2v) is 5.93. The van der Waals surface area contributed by atoms with E-state index < -0.39 is 5.97 Å². The molecule has 1 aliphatic rings. The zero-order valence-electron chi connectivity index (χ0n) is 14.2. The Morgan fingerprint density at radius 1 is 1.36 bits per heavy atom. The summed E-state index contributed by atoms with van der Waals surface area (Å²) in [6.07, 6.45) is 0.527. The fourth-order valence-electron chi connectivity index (χ4n) is 2.80. The number of amides is 1. The molecule has 0 bridgehead atoms. The smallest absolute Gasteiger partial charge is 0.344 e. The number of nitrogens with zero attached hydrogens (tertiary/aromatic N) is 1. The van der Waals surface area contributed by atoms with Crippen LogP contribution in [0.3, 0.4) is 0 Å². The Kier molecular flexibility index (Phi) is 4.39. The number of nitrogens with one attached hydrogen (secondary N) is 1. The second-order valence-electron chi connectivity index (χ2n) is 5.93. The van der Waals surface area contributed by atoms with Crippen LogP contribution in [-0.4, -0.2) is 29.4 Å². The van der Waals surface area contributed by atoms with Gasteiger partial charge in [-0.25, -0.2) is 4.79 Å². The van der Waals surface area contributed by atoms with Gasteiger partial charge in [-0.05, 0) is 44.0 Å². The first-order valence-electron chi connectivity index (χ1n) is 8.02. The van der Waals surface area contributed by atoms with Crippen LogP contribution in [0.15, 0.2) is 22.7 Å². The summed E-state index contributed by atoms with van der Waals surface area (Å²) >= 11 is 0. The number of aryl methyl sites for hydroxylation is 2. The molecule has 1 amide bonds. The van der Waals surface area contributed by atoms with Crippen molar-refractivity contribution in [3.8, 4) is 0 Å². The molecule has 0 fully saturated rings. The van der Waals surface area contributed by atoms with Gasteiger partial charge in [0, 0.05) is 11.3 Å². The van der Waals surface area contributed by atoms with Crippen molar-refractivity contribution in [1.29, 1.82) is 0 Å². The molecular formula is C18H18N2O5. The first-order chi connectivity index (χ1) is 11.9. The van der Waals surface area contributed by atoms with Crippen LogP contribution < -0.4 is 5.32 Å². The zero-order chi connectivity index (χ0) is 18.1. The molecule has 0 unspecified atom stereocenters. The number of hydrogen-bond acceptors (Lipinski definition) is 6. The predicted octanol–water partition coefficient (Wildman–Crippen LogP) is 2.64. The third-order valence-electron chi connectivity index (χ3n) is 4.30. The van der Waals surface area contributed by atoms with Gasteiger partial charge >= 0.3 is 5.97 Å². The Morgan fingerprint density at radius 3 is 2.84 bits per heavy atom. The van der Waals surface area contributed by atoms with Gasteiger partial charge in [0.05, 0.1) is 11.6 Å². The Hall–Kier alpha value is -2.96. The maximum atomic E-state index is 12.3. The topological polar surface area (TPSA) is 98.5 Å². The highest BCUT2D eigenvalue weighted by Crippen LogP contribution is 2.32. The number of esters is 1. The summed E-state index contributed by atoms with van der Waals surface area (Å²) in [5.74, 6) is -1.01. The molecule has 0 saturated carbocycles. The summed E-state index contributed by atoms with van der Waals surface area (Å²) in [5, 5.41) is 6.54. The molecule has 7 heteroatoms. The van der Waals surface area contributed by atoms with Crippen molar-refractivity contribution in [3.05, 3.63) is 46.3 Å². The summed E-state index contributed by atoms with van der Waals surface area (Å²) in [4.78, 5) is 36.2. The summed E-state index contributed by atoms with van der Waals surface area (Å²) in [5.41, 5.74) is 2.65. The number of benzene rings is 1. The van der Waals surface area contributed by atoms with Gasteiger partial charge in [-0.15, -0.1) is 0 Å². The number of carbonyl (C=O) groups excluding carboxylic acids is 3. The number of hydrogen-bond donors (Lipinski definition) is 1. The Balaban J connectivity index is 1.70. The van der Waals surface area contributed by atoms with E-state index in [4.69, 9.17) is 9.26 Å². The average molecular weight is 342 g/mol. The Bertz CT molecular complexity index is 868. The van der Waals surface area contributed by atoms with Gasteiger partial charge in [-0.3, -0.25) is 9.59 Å². The van der Waals surface area contributed by atoms with Crippen LogP contribution in [0.5, 0.6) is 0 Å². The third-order valence-corrected chi connectivity index (χ3v) is 4.30. The van der Waals surface area contributed by atoms with Gasteiger partial charge in [0.1, 0.15) is 11.3 Å². The molecule has 1 atom stereocenters. The molecule has 2 aromatic rings. The Labute approximate surface area is 144 Å². The molecule has 130 valence electrons. The van der Waals surface area contributed by atoms with Crippen molar-refractivity contribution < 1.29 is 23.6 Å². The van der Waals surface area contributed by atoms with Crippen molar-refractivity contribution in [2.24, 2.45) is 0 Å². The van der Waals surface area contributed by atoms with Crippen molar-refractivity contribution in [1.82, 2.24) is 5.16 Å². The fraction of sp³-hybridized carbons (Fsp3) is 0.333. The van der Waals surface area contributed by atoms with Gasteiger partial charge in [-0.2, -0.15) is 0 Å². The van der Waals surface area contributed by atoms with Crippen LogP contribution in [0.2, 0.25) is 0 Å². The van der Waals surface area contributed by atoms with Gasteiger partial charge < -0.3 is 14.6 Å². The van der Waals surface area contributed by atoms with E-state index >= 15 is 0 Å². The minimum atomic E-state index is -0.629. The minimum Gasteiger partial charge on any atom is -0.454 e. The van der Waals surface area contributed by atoms with Crippen LogP contribution >= 0.6 is 0 Å². The largest absolute Gasteiger partial charge is 0.454 e. The number of ether oxygens (including phenoxy) is 1. The molecule has 0 aliphatic carbocycles. The molecule has 0 radical (unpaired) electrons. The standard InChI is InChI=1S/C18H18N2O5/c1-4-13-16(10(3)25-20-13)18(23)24-8-15(21)11-5-6-14-12(7-11)9(2)17(22)19-14/h5-7,9H,4,8H2,1-3H3,(H,19,22)/t9-/m0/s1. The molecule has 1 aromatic heterocycles. The van der Waals surface area contributed by atoms with E-state index in [1.54, 1.807) is 32.0 Å². The predicted molar refractivity (Wildman–Crippen MR) is 88.7 cm³/mol. The highest BCUT2D eigenvalue weighted by molar-refractivity contribution is 6.05. The monoisotopic (exact) mass is 342 g/mol. The first kappa shape index (κ1) is 16.9. The molecule has 7 nitrogen and oxygen atoms in total. The lowest BCUT2D eigenvalue weighted by atomic mass is 9.99. The molecule has 25 heavy (non-hydrogen) atoms. The lowest BCUT2D eigenvalue weighted by Gasteiger charge is -2.07. The average Bonchev–Trinajstić information content (AvgIpc) is 3.12. The summed E-state index contributed by atoms with van der Waals surface area (Å²) in [6.45, 7) is 4.86. The lowest BCUT2D eigenvalue weighted by Crippen LogP contribution is -2.16. The highest BCUT2D eigenvalue weighted by Gasteiger charge is 2.27. The van der Waals surface area contributed by atoms with Gasteiger partial charge in [-0.1, -0.05) is 12.1 Å². The van der Waals surface area contributed by atoms with Crippen molar-refractivity contribution in [2.75, 3.05) is 11.9 Å². The minimum absolute atomic E-state index is 0.0962. The maximum absolute atomic E-state index is 12.3. The molecule has 2 heterocycles. The van der Waals surface area contributed by atoms with E-state index in [2.05, 4.69) is 10.5 Å². The van der Waals surface area contributed by atoms with Crippen LogP contribution in [0.4, 0.5) is 5.69 Å². The van der Waals surface area contributed by atoms with E-state index in [0.29, 0.717) is 29.1 Å². The zero-order valence-corrected chi connectivity index (χ0v) is 14.2. The number of aromatic nitrogens is 1. The van der Waals surface area contributed by atoms with Gasteiger partial charge in [0.25, 0.3) is 0 Å². The van der Waals surface area contributed by atoms with Gasteiger partial charge in [0.15, 0.2) is 12.4 Å². The number of Topliss-reactive ketones (excluding diaryl/α,β-unsaturated/α-hetero) is 1. The molecule has 0 saturated heterocycles. The van der Waals surface area contributed by atoms with Crippen molar-refractivity contribution >= 4 is 23.3 Å². The third kappa shape index (κ3) is 3.05. The first-order valence-corrected chi connectivity index (χ1v) is 8.02. The SMILES string of the molecule is CCc1noc(C)c1C(=O)OCC(=O)c1ccc2c(c1)[C@H](C)C(=O)N2. The van der Waals surface area contributed by atoms with Crippen LogP contribution in [0.25, 0.3) is 0 Å². The number of anilines is 1. The number of fused-ring (bicyclic) bond motifs is 1. The highest BCUT2D eigenvalue weighted by atomic mass is 16.5. The van der Waals surface area contributed by atoms with Crippen molar-refractivity contribution in [2.45, 2.75) is 33.1 Å². The molecule has 1 aromatic carbocycles. The number of ketones is 1. The van der Waals surface area contributed by atoms with Crippen molar-refractivity contribution in [3.63, 3.8) is 0 Å². The summed E-state index contributed by atoms with van der Waals surface area (Å²) < 4.78 is 10.1. The van der Waals surface area contributed by atoms with E-state index in [1.165, 1.54) is 0 Å². The van der Waals surface area contributed by atoms with Crippen LogP contribution in [0, 0.1) is 6.92 Å². The summed E-state index contributed by atoms with van der Waals surface area (Å²) in [7, 11) is 0. The maximum Gasteiger partial charge on any atom is 0.344 e. The normalized spacial score (nSPS) is 15.6. The lowest BCUT2D eigenvalue weighted by molar-refractivity contribution is -0.116. The van der Waals surface area contributed by atoms with E-state index in [-0.39, 0.29) is 29.8 Å². The van der Waals surface area contributed by atoms with E-state index in [9.17, 15) is 14.4 Å². The molecule has 1 aliphatic heterocycles. The molecule has 1 N–H and O–H groups in total. The Morgan fingerprint density at radius 2 is 2.12 bits per heavy atom. The van der Waals surface area contributed by atoms with Crippen LogP contribution in [-0.2, 0) is 16.0 Å². The van der Waals surface area contributed by atoms with Crippen LogP contribution in [0.1, 0.15) is 57.5 Å². The number of rotatable bonds is 5. The van der Waals surface area contributed by atoms with Gasteiger partial charge in [0.2, 0.25) is 5.91 Å². The van der Waals surface area contributed by atoms with E-state index in [0.717, 1.165) is 5.56 Å². The number of carbonyl (C=O) groups is 3. The molecular weight excluding hydrogens is 324 g/mol. The molecule has 0 spiro atoms.